The molecule has 0 aromatic carbocycles. The molecule has 1 heterocycles. The van der Waals surface area contributed by atoms with E-state index in [-0.39, 0.29) is 0 Å². The second-order valence-corrected chi connectivity index (χ2v) is 6.04. The third kappa shape index (κ3) is 2.58. The van der Waals surface area contributed by atoms with Crippen molar-refractivity contribution in [1.82, 2.24) is 9.80 Å². The van der Waals surface area contributed by atoms with E-state index in [0.29, 0.717) is 6.04 Å². The molecule has 3 nitrogen and oxygen atoms in total. The lowest BCUT2D eigenvalue weighted by Crippen LogP contribution is -2.42. The van der Waals surface area contributed by atoms with Crippen LogP contribution in [0.3, 0.4) is 0 Å². The quantitative estimate of drug-likeness (QED) is 0.765. The Morgan fingerprint density at radius 3 is 2.50 bits per heavy atom. The Morgan fingerprint density at radius 2 is 1.94 bits per heavy atom. The van der Waals surface area contributed by atoms with Gasteiger partial charge in [-0.3, -0.25) is 4.90 Å². The fourth-order valence-electron chi connectivity index (χ4n) is 3.49. The smallest absolute Gasteiger partial charge is 0.0254 e. The molecule has 3 heteroatoms. The Bertz CT molecular complexity index is 229. The molecule has 1 aliphatic heterocycles. The van der Waals surface area contributed by atoms with Gasteiger partial charge >= 0.3 is 0 Å². The zero-order valence-corrected chi connectivity index (χ0v) is 11.0. The molecule has 2 aliphatic rings. The Hall–Kier alpha value is -0.120. The van der Waals surface area contributed by atoms with E-state index in [1.165, 1.54) is 38.8 Å². The summed E-state index contributed by atoms with van der Waals surface area (Å²) in [6.07, 6.45) is 5.13. The highest BCUT2D eigenvalue weighted by molar-refractivity contribution is 4.92. The van der Waals surface area contributed by atoms with E-state index in [2.05, 4.69) is 30.8 Å². The molecule has 2 rings (SSSR count). The highest BCUT2D eigenvalue weighted by Gasteiger charge is 2.35. The van der Waals surface area contributed by atoms with Crippen LogP contribution in [0.25, 0.3) is 0 Å². The van der Waals surface area contributed by atoms with Crippen molar-refractivity contribution in [3.8, 4) is 0 Å². The highest BCUT2D eigenvalue weighted by atomic mass is 15.3. The average molecular weight is 225 g/mol. The second-order valence-electron chi connectivity index (χ2n) is 6.04. The molecule has 94 valence electrons. The minimum atomic E-state index is 0.451. The van der Waals surface area contributed by atoms with Crippen LogP contribution in [-0.4, -0.2) is 55.1 Å². The molecule has 1 aliphatic carbocycles. The minimum Gasteiger partial charge on any atom is -0.328 e. The first-order chi connectivity index (χ1) is 7.58. The maximum Gasteiger partial charge on any atom is 0.0254 e. The van der Waals surface area contributed by atoms with Gasteiger partial charge < -0.3 is 10.6 Å². The Morgan fingerprint density at radius 1 is 1.19 bits per heavy atom. The van der Waals surface area contributed by atoms with Crippen molar-refractivity contribution < 1.29 is 0 Å². The number of likely N-dealkylation sites (tertiary alicyclic amines) is 1. The van der Waals surface area contributed by atoms with Gasteiger partial charge in [-0.15, -0.1) is 0 Å². The second kappa shape index (κ2) is 5.03. The first-order valence-corrected chi connectivity index (χ1v) is 6.74. The minimum absolute atomic E-state index is 0.451. The molecular formula is C13H27N3. The third-order valence-electron chi connectivity index (χ3n) is 4.47. The van der Waals surface area contributed by atoms with E-state index < -0.39 is 0 Å². The maximum absolute atomic E-state index is 6.08. The summed E-state index contributed by atoms with van der Waals surface area (Å²) in [5.74, 6) is 0.799. The number of hydrogen-bond donors (Lipinski definition) is 1. The van der Waals surface area contributed by atoms with Crippen molar-refractivity contribution in [3.05, 3.63) is 0 Å². The third-order valence-corrected chi connectivity index (χ3v) is 4.47. The summed E-state index contributed by atoms with van der Waals surface area (Å²) in [5.41, 5.74) is 6.08. The zero-order chi connectivity index (χ0) is 11.7. The first kappa shape index (κ1) is 12.3. The summed E-state index contributed by atoms with van der Waals surface area (Å²) in [4.78, 5) is 5.07. The lowest BCUT2D eigenvalue weighted by Gasteiger charge is -2.34. The van der Waals surface area contributed by atoms with Gasteiger partial charge in [0.1, 0.15) is 0 Å². The molecule has 4 atom stereocenters. The Labute approximate surface area is 100.0 Å². The van der Waals surface area contributed by atoms with Crippen LogP contribution in [0.2, 0.25) is 0 Å². The van der Waals surface area contributed by atoms with E-state index in [4.69, 9.17) is 5.73 Å². The summed E-state index contributed by atoms with van der Waals surface area (Å²) in [6.45, 7) is 4.89. The van der Waals surface area contributed by atoms with Crippen molar-refractivity contribution in [2.45, 2.75) is 50.7 Å². The topological polar surface area (TPSA) is 32.5 Å². The largest absolute Gasteiger partial charge is 0.328 e. The molecular weight excluding hydrogens is 198 g/mol. The van der Waals surface area contributed by atoms with Gasteiger partial charge in [0.05, 0.1) is 0 Å². The van der Waals surface area contributed by atoms with Gasteiger partial charge in [-0.2, -0.15) is 0 Å². The summed E-state index contributed by atoms with van der Waals surface area (Å²) in [7, 11) is 4.41. The van der Waals surface area contributed by atoms with Crippen LogP contribution in [0.15, 0.2) is 0 Å². The lowest BCUT2D eigenvalue weighted by molar-refractivity contribution is 0.166. The molecule has 0 radical (unpaired) electrons. The van der Waals surface area contributed by atoms with Crippen LogP contribution in [0.4, 0.5) is 0 Å². The van der Waals surface area contributed by atoms with Crippen molar-refractivity contribution in [1.29, 1.82) is 0 Å². The Balaban J connectivity index is 1.91. The molecule has 2 N–H and O–H groups in total. The van der Waals surface area contributed by atoms with Crippen LogP contribution >= 0.6 is 0 Å². The van der Waals surface area contributed by atoms with Gasteiger partial charge in [-0.05, 0) is 39.3 Å². The molecule has 1 saturated heterocycles. The summed E-state index contributed by atoms with van der Waals surface area (Å²) < 4.78 is 0. The SMILES string of the molecule is CC1CN(C2CCCC(N)C2)CC1N(C)C. The van der Waals surface area contributed by atoms with Gasteiger partial charge in [0.25, 0.3) is 0 Å². The average Bonchev–Trinajstić information content (AvgIpc) is 2.60. The van der Waals surface area contributed by atoms with Gasteiger partial charge in [-0.1, -0.05) is 13.3 Å². The molecule has 0 aromatic rings. The number of nitrogens with zero attached hydrogens (tertiary/aromatic N) is 2. The molecule has 16 heavy (non-hydrogen) atoms. The molecule has 1 saturated carbocycles. The molecule has 4 unspecified atom stereocenters. The monoisotopic (exact) mass is 225 g/mol. The van der Waals surface area contributed by atoms with Crippen LogP contribution in [0.5, 0.6) is 0 Å². The van der Waals surface area contributed by atoms with E-state index in [1.54, 1.807) is 0 Å². The predicted molar refractivity (Wildman–Crippen MR) is 68.4 cm³/mol. The highest BCUT2D eigenvalue weighted by Crippen LogP contribution is 2.28. The van der Waals surface area contributed by atoms with Crippen LogP contribution in [0.1, 0.15) is 32.6 Å². The summed E-state index contributed by atoms with van der Waals surface area (Å²) >= 11 is 0. The van der Waals surface area contributed by atoms with Crippen LogP contribution in [-0.2, 0) is 0 Å². The molecule has 0 amide bonds. The van der Waals surface area contributed by atoms with Crippen molar-refractivity contribution in [2.24, 2.45) is 11.7 Å². The van der Waals surface area contributed by atoms with Gasteiger partial charge in [-0.25, -0.2) is 0 Å². The molecule has 0 aromatic heterocycles. The standard InChI is InChI=1S/C13H27N3/c1-10-8-16(9-13(10)15(2)3)12-6-4-5-11(14)7-12/h10-13H,4-9,14H2,1-3H3. The maximum atomic E-state index is 6.08. The van der Waals surface area contributed by atoms with Crippen LogP contribution < -0.4 is 5.73 Å². The number of hydrogen-bond acceptors (Lipinski definition) is 3. The molecule has 2 fully saturated rings. The number of likely N-dealkylation sites (N-methyl/N-ethyl adjacent to an activating group) is 1. The fraction of sp³-hybridized carbons (Fsp3) is 1.00. The van der Waals surface area contributed by atoms with Crippen molar-refractivity contribution in [2.75, 3.05) is 27.2 Å². The van der Waals surface area contributed by atoms with Gasteiger partial charge in [0.15, 0.2) is 0 Å². The molecule has 0 bridgehead atoms. The summed E-state index contributed by atoms with van der Waals surface area (Å²) in [5, 5.41) is 0. The van der Waals surface area contributed by atoms with Crippen LogP contribution in [0, 0.1) is 5.92 Å². The van der Waals surface area contributed by atoms with E-state index in [0.717, 1.165) is 18.0 Å². The van der Waals surface area contributed by atoms with E-state index >= 15 is 0 Å². The fourth-order valence-corrected chi connectivity index (χ4v) is 3.49. The van der Waals surface area contributed by atoms with E-state index in [9.17, 15) is 0 Å². The normalized spacial score (nSPS) is 41.8. The van der Waals surface area contributed by atoms with Crippen molar-refractivity contribution in [3.63, 3.8) is 0 Å². The van der Waals surface area contributed by atoms with E-state index in [1.807, 2.05) is 0 Å². The molecule has 0 spiro atoms. The zero-order valence-electron chi connectivity index (χ0n) is 11.0. The van der Waals surface area contributed by atoms with Gasteiger partial charge in [0, 0.05) is 31.2 Å². The number of rotatable bonds is 2. The predicted octanol–water partition coefficient (Wildman–Crippen LogP) is 1.14. The summed E-state index contributed by atoms with van der Waals surface area (Å²) in [6, 6.07) is 1.95. The Kier molecular flexibility index (Phi) is 3.88. The lowest BCUT2D eigenvalue weighted by atomic mass is 9.91. The van der Waals surface area contributed by atoms with Gasteiger partial charge in [0.2, 0.25) is 0 Å². The first-order valence-electron chi connectivity index (χ1n) is 6.74. The number of nitrogens with two attached hydrogens (primary N) is 1. The van der Waals surface area contributed by atoms with Crippen molar-refractivity contribution >= 4 is 0 Å².